The monoisotopic (exact) mass is 221 g/mol. The van der Waals surface area contributed by atoms with E-state index < -0.39 is 0 Å². The Morgan fingerprint density at radius 2 is 1.94 bits per heavy atom. The lowest BCUT2D eigenvalue weighted by Gasteiger charge is -2.17. The maximum Gasteiger partial charge on any atom is 0.283 e. The number of hydrogen-bond acceptors (Lipinski definition) is 4. The first-order valence-electron chi connectivity index (χ1n) is 5.35. The Labute approximate surface area is 92.7 Å². The van der Waals surface area contributed by atoms with E-state index in [4.69, 9.17) is 0 Å². The SMILES string of the molecule is CC(C)c1nc2[nH]nnc2c(=O)n1C(C)C. The molecule has 0 saturated heterocycles. The minimum Gasteiger partial charge on any atom is -0.292 e. The quantitative estimate of drug-likeness (QED) is 0.827. The predicted molar refractivity (Wildman–Crippen MR) is 60.4 cm³/mol. The van der Waals surface area contributed by atoms with Crippen molar-refractivity contribution in [1.82, 2.24) is 25.0 Å². The van der Waals surface area contributed by atoms with Crippen LogP contribution in [0.2, 0.25) is 0 Å². The summed E-state index contributed by atoms with van der Waals surface area (Å²) in [6, 6.07) is 0.0681. The van der Waals surface area contributed by atoms with Crippen LogP contribution >= 0.6 is 0 Å². The van der Waals surface area contributed by atoms with Gasteiger partial charge in [-0.15, -0.1) is 5.10 Å². The van der Waals surface area contributed by atoms with Gasteiger partial charge < -0.3 is 0 Å². The summed E-state index contributed by atoms with van der Waals surface area (Å²) < 4.78 is 1.68. The Kier molecular flexibility index (Phi) is 2.49. The molecule has 2 aromatic rings. The Hall–Kier alpha value is -1.72. The van der Waals surface area contributed by atoms with Crippen LogP contribution in [0, 0.1) is 0 Å². The van der Waals surface area contributed by atoms with Crippen molar-refractivity contribution in [3.8, 4) is 0 Å². The molecule has 2 aromatic heterocycles. The standard InChI is InChI=1S/C10H15N5O/c1-5(2)9-11-8-7(12-14-13-8)10(16)15(9)6(3)4/h5-6H,1-4H3,(H,12,13,14). The van der Waals surface area contributed by atoms with Crippen LogP contribution in [0.3, 0.4) is 0 Å². The Morgan fingerprint density at radius 3 is 2.50 bits per heavy atom. The van der Waals surface area contributed by atoms with E-state index >= 15 is 0 Å². The zero-order chi connectivity index (χ0) is 11.9. The molecular formula is C10H15N5O. The van der Waals surface area contributed by atoms with Gasteiger partial charge in [0.1, 0.15) is 5.82 Å². The lowest BCUT2D eigenvalue weighted by atomic mass is 10.2. The summed E-state index contributed by atoms with van der Waals surface area (Å²) in [7, 11) is 0. The first-order valence-corrected chi connectivity index (χ1v) is 5.35. The summed E-state index contributed by atoms with van der Waals surface area (Å²) >= 11 is 0. The van der Waals surface area contributed by atoms with E-state index in [2.05, 4.69) is 20.4 Å². The van der Waals surface area contributed by atoms with E-state index in [1.54, 1.807) is 4.57 Å². The molecule has 2 rings (SSSR count). The molecule has 0 unspecified atom stereocenters. The molecule has 0 aromatic carbocycles. The first-order chi connectivity index (χ1) is 7.52. The molecule has 0 saturated carbocycles. The largest absolute Gasteiger partial charge is 0.292 e. The van der Waals surface area contributed by atoms with Gasteiger partial charge in [0.2, 0.25) is 0 Å². The molecule has 0 aliphatic heterocycles. The normalized spacial score (nSPS) is 11.9. The molecule has 6 heteroatoms. The van der Waals surface area contributed by atoms with Gasteiger partial charge in [0.25, 0.3) is 5.56 Å². The van der Waals surface area contributed by atoms with Gasteiger partial charge in [-0.1, -0.05) is 19.1 Å². The molecule has 0 atom stereocenters. The van der Waals surface area contributed by atoms with E-state index in [1.807, 2.05) is 27.7 Å². The fraction of sp³-hybridized carbons (Fsp3) is 0.600. The minimum atomic E-state index is -0.127. The van der Waals surface area contributed by atoms with Gasteiger partial charge >= 0.3 is 0 Å². The van der Waals surface area contributed by atoms with Crippen molar-refractivity contribution in [2.75, 3.05) is 0 Å². The van der Waals surface area contributed by atoms with Gasteiger partial charge in [-0.25, -0.2) is 10.1 Å². The molecule has 6 nitrogen and oxygen atoms in total. The van der Waals surface area contributed by atoms with Crippen molar-refractivity contribution in [3.63, 3.8) is 0 Å². The van der Waals surface area contributed by atoms with Gasteiger partial charge in [0, 0.05) is 12.0 Å². The molecule has 0 aliphatic rings. The van der Waals surface area contributed by atoms with Gasteiger partial charge in [-0.2, -0.15) is 0 Å². The third-order valence-corrected chi connectivity index (χ3v) is 2.46. The second kappa shape index (κ2) is 3.70. The van der Waals surface area contributed by atoms with Crippen LogP contribution in [0.5, 0.6) is 0 Å². The highest BCUT2D eigenvalue weighted by atomic mass is 16.1. The summed E-state index contributed by atoms with van der Waals surface area (Å²) in [6.07, 6.45) is 0. The van der Waals surface area contributed by atoms with Gasteiger partial charge in [0.15, 0.2) is 11.2 Å². The zero-order valence-corrected chi connectivity index (χ0v) is 9.85. The zero-order valence-electron chi connectivity index (χ0n) is 9.85. The fourth-order valence-corrected chi connectivity index (χ4v) is 1.74. The fourth-order valence-electron chi connectivity index (χ4n) is 1.74. The van der Waals surface area contributed by atoms with Crippen molar-refractivity contribution in [1.29, 1.82) is 0 Å². The maximum absolute atomic E-state index is 12.2. The van der Waals surface area contributed by atoms with Crippen LogP contribution in [0.4, 0.5) is 0 Å². The smallest absolute Gasteiger partial charge is 0.283 e. The van der Waals surface area contributed by atoms with E-state index in [9.17, 15) is 4.79 Å². The molecule has 86 valence electrons. The summed E-state index contributed by atoms with van der Waals surface area (Å²) in [6.45, 7) is 7.94. The molecule has 0 radical (unpaired) electrons. The van der Waals surface area contributed by atoms with Crippen molar-refractivity contribution in [3.05, 3.63) is 16.2 Å². The van der Waals surface area contributed by atoms with Crippen LogP contribution in [0.15, 0.2) is 4.79 Å². The molecule has 0 fully saturated rings. The van der Waals surface area contributed by atoms with E-state index in [-0.39, 0.29) is 17.5 Å². The highest BCUT2D eigenvalue weighted by Gasteiger charge is 2.17. The summed E-state index contributed by atoms with van der Waals surface area (Å²) in [5.41, 5.74) is 0.640. The van der Waals surface area contributed by atoms with Crippen molar-refractivity contribution in [2.45, 2.75) is 39.7 Å². The average Bonchev–Trinajstić information content (AvgIpc) is 2.64. The molecule has 1 N–H and O–H groups in total. The van der Waals surface area contributed by atoms with Gasteiger partial charge in [0.05, 0.1) is 0 Å². The van der Waals surface area contributed by atoms with Crippen LogP contribution in [0.1, 0.15) is 45.5 Å². The van der Waals surface area contributed by atoms with Crippen molar-refractivity contribution >= 4 is 11.2 Å². The maximum atomic E-state index is 12.2. The number of nitrogens with one attached hydrogen (secondary N) is 1. The topological polar surface area (TPSA) is 76.5 Å². The number of H-pyrrole nitrogens is 1. The Balaban J connectivity index is 2.86. The average molecular weight is 221 g/mol. The number of aromatic amines is 1. The molecule has 0 amide bonds. The van der Waals surface area contributed by atoms with Crippen LogP contribution in [0.25, 0.3) is 11.2 Å². The van der Waals surface area contributed by atoms with Crippen LogP contribution in [-0.4, -0.2) is 25.0 Å². The molecule has 0 spiro atoms. The van der Waals surface area contributed by atoms with E-state index in [0.29, 0.717) is 11.2 Å². The predicted octanol–water partition coefficient (Wildman–Crippen LogP) is 1.22. The lowest BCUT2D eigenvalue weighted by molar-refractivity contribution is 0.522. The third-order valence-electron chi connectivity index (χ3n) is 2.46. The second-order valence-corrected chi connectivity index (χ2v) is 4.40. The summed E-state index contributed by atoms with van der Waals surface area (Å²) in [5.74, 6) is 0.946. The first kappa shape index (κ1) is 10.8. The number of nitrogens with zero attached hydrogens (tertiary/aromatic N) is 4. The second-order valence-electron chi connectivity index (χ2n) is 4.40. The molecule has 0 aliphatic carbocycles. The number of aromatic nitrogens is 5. The molecule has 2 heterocycles. The highest BCUT2D eigenvalue weighted by Crippen LogP contribution is 2.15. The molecule has 16 heavy (non-hydrogen) atoms. The van der Waals surface area contributed by atoms with Crippen molar-refractivity contribution < 1.29 is 0 Å². The Bertz CT molecular complexity index is 566. The lowest BCUT2D eigenvalue weighted by Crippen LogP contribution is -2.27. The summed E-state index contributed by atoms with van der Waals surface area (Å²) in [4.78, 5) is 16.6. The Morgan fingerprint density at radius 1 is 1.25 bits per heavy atom. The van der Waals surface area contributed by atoms with Crippen LogP contribution in [-0.2, 0) is 0 Å². The van der Waals surface area contributed by atoms with Crippen molar-refractivity contribution in [2.24, 2.45) is 0 Å². The minimum absolute atomic E-state index is 0.0681. The summed E-state index contributed by atoms with van der Waals surface area (Å²) in [5, 5.41) is 10.0. The number of rotatable bonds is 2. The third kappa shape index (κ3) is 1.50. The molecular weight excluding hydrogens is 206 g/mol. The van der Waals surface area contributed by atoms with Gasteiger partial charge in [-0.05, 0) is 13.8 Å². The van der Waals surface area contributed by atoms with E-state index in [0.717, 1.165) is 5.82 Å². The van der Waals surface area contributed by atoms with E-state index in [1.165, 1.54) is 0 Å². The number of hydrogen-bond donors (Lipinski definition) is 1. The highest BCUT2D eigenvalue weighted by molar-refractivity contribution is 5.67. The molecule has 0 bridgehead atoms. The van der Waals surface area contributed by atoms with Crippen LogP contribution < -0.4 is 5.56 Å². The van der Waals surface area contributed by atoms with Gasteiger partial charge in [-0.3, -0.25) is 9.36 Å². The number of fused-ring (bicyclic) bond motifs is 1.